The Morgan fingerprint density at radius 3 is 2.56 bits per heavy atom. The van der Waals surface area contributed by atoms with Crippen LogP contribution in [0.25, 0.3) is 0 Å². The number of aromatic nitrogens is 4. The summed E-state index contributed by atoms with van der Waals surface area (Å²) in [6, 6.07) is 0.0276. The molecule has 98 valence electrons. The van der Waals surface area contributed by atoms with Gasteiger partial charge in [-0.25, -0.2) is 4.98 Å². The van der Waals surface area contributed by atoms with Gasteiger partial charge in [-0.1, -0.05) is 0 Å². The van der Waals surface area contributed by atoms with Crippen molar-refractivity contribution in [2.45, 2.75) is 26.3 Å². The molecule has 18 heavy (non-hydrogen) atoms. The SMILES string of the molecule is Cc1nn(C)c(C)c1C(Cc1nccn1C)NN. The molecule has 2 heterocycles. The zero-order chi connectivity index (χ0) is 13.3. The van der Waals surface area contributed by atoms with Gasteiger partial charge in [-0.05, 0) is 13.8 Å². The first-order chi connectivity index (χ1) is 8.54. The van der Waals surface area contributed by atoms with E-state index in [1.54, 1.807) is 6.20 Å². The molecule has 2 aromatic heterocycles. The number of hydrazine groups is 1. The van der Waals surface area contributed by atoms with E-state index in [0.717, 1.165) is 29.2 Å². The summed E-state index contributed by atoms with van der Waals surface area (Å²) in [5.74, 6) is 6.69. The highest BCUT2D eigenvalue weighted by molar-refractivity contribution is 5.28. The molecule has 1 unspecified atom stereocenters. The highest BCUT2D eigenvalue weighted by Gasteiger charge is 2.20. The summed E-state index contributed by atoms with van der Waals surface area (Å²) >= 11 is 0. The second-order valence-electron chi connectivity index (χ2n) is 4.59. The zero-order valence-electron chi connectivity index (χ0n) is 11.3. The molecule has 0 spiro atoms. The monoisotopic (exact) mass is 248 g/mol. The van der Waals surface area contributed by atoms with E-state index >= 15 is 0 Å². The van der Waals surface area contributed by atoms with Gasteiger partial charge in [-0.3, -0.25) is 16.0 Å². The number of hydrogen-bond acceptors (Lipinski definition) is 4. The topological polar surface area (TPSA) is 73.7 Å². The number of hydrogen-bond donors (Lipinski definition) is 2. The van der Waals surface area contributed by atoms with Gasteiger partial charge < -0.3 is 4.57 Å². The molecule has 0 amide bonds. The average Bonchev–Trinajstić information content (AvgIpc) is 2.83. The molecule has 0 aliphatic carbocycles. The quantitative estimate of drug-likeness (QED) is 0.611. The fourth-order valence-corrected chi connectivity index (χ4v) is 2.31. The van der Waals surface area contributed by atoms with Crippen molar-refractivity contribution in [1.29, 1.82) is 0 Å². The molecule has 0 saturated carbocycles. The fourth-order valence-electron chi connectivity index (χ4n) is 2.31. The van der Waals surface area contributed by atoms with Crippen LogP contribution in [0.1, 0.15) is 28.8 Å². The van der Waals surface area contributed by atoms with Crippen molar-refractivity contribution in [2.75, 3.05) is 0 Å². The van der Waals surface area contributed by atoms with E-state index in [1.807, 2.05) is 36.5 Å². The van der Waals surface area contributed by atoms with Crippen LogP contribution in [-0.2, 0) is 20.5 Å². The van der Waals surface area contributed by atoms with Crippen LogP contribution in [0, 0.1) is 13.8 Å². The van der Waals surface area contributed by atoms with Crippen LogP contribution < -0.4 is 11.3 Å². The Balaban J connectivity index is 2.31. The lowest BCUT2D eigenvalue weighted by Gasteiger charge is -2.16. The van der Waals surface area contributed by atoms with E-state index in [2.05, 4.69) is 22.4 Å². The average molecular weight is 248 g/mol. The second-order valence-corrected chi connectivity index (χ2v) is 4.59. The van der Waals surface area contributed by atoms with Crippen molar-refractivity contribution in [1.82, 2.24) is 24.8 Å². The first-order valence-corrected chi connectivity index (χ1v) is 5.97. The molecule has 0 bridgehead atoms. The molecule has 1 atom stereocenters. The summed E-state index contributed by atoms with van der Waals surface area (Å²) in [5.41, 5.74) is 6.16. The molecular formula is C12H20N6. The summed E-state index contributed by atoms with van der Waals surface area (Å²) in [6.07, 6.45) is 4.48. The molecule has 0 saturated heterocycles. The number of nitrogens with one attached hydrogen (secondary N) is 1. The standard InChI is InChI=1S/C12H20N6/c1-8-12(9(2)18(4)16-8)10(15-13)7-11-14-5-6-17(11)3/h5-6,10,15H,7,13H2,1-4H3. The normalized spacial score (nSPS) is 12.9. The number of aryl methyl sites for hydroxylation is 3. The van der Waals surface area contributed by atoms with Gasteiger partial charge in [0.1, 0.15) is 5.82 Å². The smallest absolute Gasteiger partial charge is 0.110 e. The highest BCUT2D eigenvalue weighted by atomic mass is 15.3. The summed E-state index contributed by atoms with van der Waals surface area (Å²) < 4.78 is 3.89. The molecule has 0 fully saturated rings. The number of nitrogens with zero attached hydrogens (tertiary/aromatic N) is 4. The van der Waals surface area contributed by atoms with Crippen molar-refractivity contribution in [2.24, 2.45) is 19.9 Å². The molecule has 0 aliphatic heterocycles. The lowest BCUT2D eigenvalue weighted by atomic mass is 10.0. The van der Waals surface area contributed by atoms with Gasteiger partial charge in [0.15, 0.2) is 0 Å². The molecule has 3 N–H and O–H groups in total. The van der Waals surface area contributed by atoms with Gasteiger partial charge in [0.05, 0.1) is 11.7 Å². The molecule has 2 rings (SSSR count). The molecule has 6 heteroatoms. The third kappa shape index (κ3) is 2.16. The Labute approximate surface area is 107 Å². The Morgan fingerprint density at radius 1 is 1.39 bits per heavy atom. The minimum Gasteiger partial charge on any atom is -0.338 e. The van der Waals surface area contributed by atoms with E-state index in [-0.39, 0.29) is 6.04 Å². The summed E-state index contributed by atoms with van der Waals surface area (Å²) in [6.45, 7) is 4.06. The van der Waals surface area contributed by atoms with Crippen LogP contribution >= 0.6 is 0 Å². The van der Waals surface area contributed by atoms with Gasteiger partial charge in [-0.15, -0.1) is 0 Å². The summed E-state index contributed by atoms with van der Waals surface area (Å²) in [5, 5.41) is 4.43. The predicted molar refractivity (Wildman–Crippen MR) is 69.7 cm³/mol. The van der Waals surface area contributed by atoms with E-state index < -0.39 is 0 Å². The third-order valence-corrected chi connectivity index (χ3v) is 3.42. The second kappa shape index (κ2) is 4.91. The van der Waals surface area contributed by atoms with E-state index in [9.17, 15) is 0 Å². The lowest BCUT2D eigenvalue weighted by Crippen LogP contribution is -2.31. The Kier molecular flexibility index (Phi) is 3.49. The number of rotatable bonds is 4. The molecule has 0 radical (unpaired) electrons. The van der Waals surface area contributed by atoms with Crippen LogP contribution in [0.2, 0.25) is 0 Å². The fraction of sp³-hybridized carbons (Fsp3) is 0.500. The van der Waals surface area contributed by atoms with Crippen LogP contribution in [0.15, 0.2) is 12.4 Å². The minimum absolute atomic E-state index is 0.0276. The number of imidazole rings is 1. The predicted octanol–water partition coefficient (Wildman–Crippen LogP) is 0.518. The maximum atomic E-state index is 5.69. The van der Waals surface area contributed by atoms with Gasteiger partial charge in [0, 0.05) is 44.2 Å². The lowest BCUT2D eigenvalue weighted by molar-refractivity contribution is 0.525. The maximum absolute atomic E-state index is 5.69. The third-order valence-electron chi connectivity index (χ3n) is 3.42. The van der Waals surface area contributed by atoms with Crippen molar-refractivity contribution >= 4 is 0 Å². The Hall–Kier alpha value is -1.66. The number of nitrogens with two attached hydrogens (primary N) is 1. The first kappa shape index (κ1) is 12.8. The van der Waals surface area contributed by atoms with Crippen molar-refractivity contribution < 1.29 is 0 Å². The van der Waals surface area contributed by atoms with E-state index in [1.165, 1.54) is 0 Å². The van der Waals surface area contributed by atoms with Gasteiger partial charge in [0.2, 0.25) is 0 Å². The highest BCUT2D eigenvalue weighted by Crippen LogP contribution is 2.23. The van der Waals surface area contributed by atoms with Gasteiger partial charge in [-0.2, -0.15) is 5.10 Å². The van der Waals surface area contributed by atoms with Gasteiger partial charge in [0.25, 0.3) is 0 Å². The summed E-state index contributed by atoms with van der Waals surface area (Å²) in [7, 11) is 3.93. The zero-order valence-corrected chi connectivity index (χ0v) is 11.3. The van der Waals surface area contributed by atoms with Crippen LogP contribution in [0.5, 0.6) is 0 Å². The van der Waals surface area contributed by atoms with Crippen LogP contribution in [0.3, 0.4) is 0 Å². The van der Waals surface area contributed by atoms with Crippen molar-refractivity contribution in [3.05, 3.63) is 35.2 Å². The Morgan fingerprint density at radius 2 is 2.11 bits per heavy atom. The molecule has 0 aliphatic rings. The van der Waals surface area contributed by atoms with Crippen molar-refractivity contribution in [3.8, 4) is 0 Å². The Bertz CT molecular complexity index is 539. The first-order valence-electron chi connectivity index (χ1n) is 5.97. The molecule has 0 aromatic carbocycles. The van der Waals surface area contributed by atoms with E-state index in [4.69, 9.17) is 5.84 Å². The molecular weight excluding hydrogens is 228 g/mol. The minimum atomic E-state index is 0.0276. The van der Waals surface area contributed by atoms with E-state index in [0.29, 0.717) is 0 Å². The maximum Gasteiger partial charge on any atom is 0.110 e. The van der Waals surface area contributed by atoms with Gasteiger partial charge >= 0.3 is 0 Å². The van der Waals surface area contributed by atoms with Crippen LogP contribution in [-0.4, -0.2) is 19.3 Å². The molecule has 2 aromatic rings. The van der Waals surface area contributed by atoms with Crippen LogP contribution in [0.4, 0.5) is 0 Å². The largest absolute Gasteiger partial charge is 0.338 e. The van der Waals surface area contributed by atoms with Crippen molar-refractivity contribution in [3.63, 3.8) is 0 Å². The summed E-state index contributed by atoms with van der Waals surface area (Å²) in [4.78, 5) is 4.34. The molecule has 6 nitrogen and oxygen atoms in total.